The van der Waals surface area contributed by atoms with Crippen molar-refractivity contribution < 1.29 is 23.8 Å². The molecular formula is C9H6ClF2O3-. The van der Waals surface area contributed by atoms with Gasteiger partial charge in [0, 0.05) is 10.6 Å². The van der Waals surface area contributed by atoms with Gasteiger partial charge in [-0.2, -0.15) is 8.78 Å². The van der Waals surface area contributed by atoms with Crippen LogP contribution in [0.2, 0.25) is 5.02 Å². The summed E-state index contributed by atoms with van der Waals surface area (Å²) in [4.78, 5) is 10.1. The summed E-state index contributed by atoms with van der Waals surface area (Å²) in [7, 11) is 0. The van der Waals surface area contributed by atoms with Gasteiger partial charge in [0.1, 0.15) is 0 Å². The van der Waals surface area contributed by atoms with Gasteiger partial charge in [0.25, 0.3) is 0 Å². The van der Waals surface area contributed by atoms with Crippen LogP contribution in [0.15, 0.2) is 24.3 Å². The van der Waals surface area contributed by atoms with Crippen molar-refractivity contribution >= 4 is 17.6 Å². The topological polar surface area (TPSA) is 60.4 Å². The van der Waals surface area contributed by atoms with Crippen LogP contribution in [-0.2, 0) is 10.7 Å². The minimum absolute atomic E-state index is 0.234. The van der Waals surface area contributed by atoms with Gasteiger partial charge in [0.05, 0.1) is 5.97 Å². The van der Waals surface area contributed by atoms with Crippen LogP contribution in [0, 0.1) is 0 Å². The molecule has 15 heavy (non-hydrogen) atoms. The number of hydrogen-bond acceptors (Lipinski definition) is 3. The predicted molar refractivity (Wildman–Crippen MR) is 46.4 cm³/mol. The van der Waals surface area contributed by atoms with Crippen molar-refractivity contribution in [2.75, 3.05) is 0 Å². The molecule has 82 valence electrons. The van der Waals surface area contributed by atoms with Crippen LogP contribution in [0.4, 0.5) is 8.78 Å². The molecular weight excluding hydrogens is 230 g/mol. The van der Waals surface area contributed by atoms with Crippen molar-refractivity contribution in [1.82, 2.24) is 0 Å². The largest absolute Gasteiger partial charge is 0.547 e. The Labute approximate surface area is 88.9 Å². The van der Waals surface area contributed by atoms with Gasteiger partial charge in [-0.05, 0) is 12.1 Å². The van der Waals surface area contributed by atoms with E-state index in [1.54, 1.807) is 0 Å². The number of hydrogen-bond donors (Lipinski definition) is 1. The Hall–Kier alpha value is -1.20. The molecule has 1 aromatic rings. The van der Waals surface area contributed by atoms with E-state index in [0.29, 0.717) is 0 Å². The lowest BCUT2D eigenvalue weighted by molar-refractivity contribution is -0.325. The van der Waals surface area contributed by atoms with Crippen LogP contribution >= 0.6 is 11.6 Å². The molecule has 1 rings (SSSR count). The van der Waals surface area contributed by atoms with Crippen LogP contribution in [0.5, 0.6) is 0 Å². The third kappa shape index (κ3) is 2.43. The summed E-state index contributed by atoms with van der Waals surface area (Å²) in [6.45, 7) is 0. The van der Waals surface area contributed by atoms with Gasteiger partial charge >= 0.3 is 5.92 Å². The highest BCUT2D eigenvalue weighted by Gasteiger charge is 2.41. The molecule has 0 saturated heterocycles. The van der Waals surface area contributed by atoms with Gasteiger partial charge in [-0.15, -0.1) is 0 Å². The van der Waals surface area contributed by atoms with Crippen molar-refractivity contribution in [3.05, 3.63) is 34.9 Å². The highest BCUT2D eigenvalue weighted by Crippen LogP contribution is 2.32. The minimum Gasteiger partial charge on any atom is -0.547 e. The highest BCUT2D eigenvalue weighted by atomic mass is 35.5. The molecule has 0 aliphatic heterocycles. The van der Waals surface area contributed by atoms with E-state index in [9.17, 15) is 18.7 Å². The number of carbonyl (C=O) groups is 1. The lowest BCUT2D eigenvalue weighted by Crippen LogP contribution is -2.45. The van der Waals surface area contributed by atoms with Gasteiger partial charge < -0.3 is 15.0 Å². The van der Waals surface area contributed by atoms with Crippen LogP contribution in [0.1, 0.15) is 5.56 Å². The Balaban J connectivity index is 3.05. The average molecular weight is 236 g/mol. The molecule has 6 heteroatoms. The molecule has 1 aromatic carbocycles. The van der Waals surface area contributed by atoms with Gasteiger partial charge in [-0.1, -0.05) is 23.7 Å². The molecule has 1 atom stereocenters. The summed E-state index contributed by atoms with van der Waals surface area (Å²) in [5, 5.41) is 19.1. The van der Waals surface area contributed by atoms with Crippen LogP contribution in [0.3, 0.4) is 0 Å². The SMILES string of the molecule is O=C([O-])[C@@H](O)C(F)(F)c1ccc(Cl)cc1. The van der Waals surface area contributed by atoms with E-state index in [1.165, 1.54) is 12.1 Å². The summed E-state index contributed by atoms with van der Waals surface area (Å²) in [5.41, 5.74) is -0.636. The molecule has 0 bridgehead atoms. The van der Waals surface area contributed by atoms with Gasteiger partial charge in [-0.3, -0.25) is 0 Å². The number of carboxylic acid groups (broad SMARTS) is 1. The van der Waals surface area contributed by atoms with Crippen molar-refractivity contribution in [3.63, 3.8) is 0 Å². The summed E-state index contributed by atoms with van der Waals surface area (Å²) in [5.74, 6) is -6.13. The summed E-state index contributed by atoms with van der Waals surface area (Å²) in [6.07, 6.45) is -2.88. The molecule has 0 aliphatic rings. The minimum atomic E-state index is -3.90. The molecule has 0 spiro atoms. The van der Waals surface area contributed by atoms with Crippen LogP contribution in [-0.4, -0.2) is 17.2 Å². The molecule has 0 radical (unpaired) electrons. The van der Waals surface area contributed by atoms with Gasteiger partial charge in [-0.25, -0.2) is 0 Å². The zero-order chi connectivity index (χ0) is 11.6. The van der Waals surface area contributed by atoms with Gasteiger partial charge in [0.15, 0.2) is 6.10 Å². The summed E-state index contributed by atoms with van der Waals surface area (Å²) in [6, 6.07) is 4.22. The van der Waals surface area contributed by atoms with E-state index in [1.807, 2.05) is 0 Å². The molecule has 0 fully saturated rings. The number of rotatable bonds is 3. The van der Waals surface area contributed by atoms with E-state index in [0.717, 1.165) is 12.1 Å². The molecule has 0 heterocycles. The standard InChI is InChI=1S/C9H7ClF2O3/c10-6-3-1-5(2-4-6)9(11,12)7(13)8(14)15/h1-4,7,13H,(H,14,15)/p-1/t7-/m1/s1. The van der Waals surface area contributed by atoms with E-state index in [-0.39, 0.29) is 5.02 Å². The fraction of sp³-hybridized carbons (Fsp3) is 0.222. The number of carboxylic acids is 1. The second-order valence-electron chi connectivity index (χ2n) is 2.85. The highest BCUT2D eigenvalue weighted by molar-refractivity contribution is 6.30. The van der Waals surface area contributed by atoms with Crippen LogP contribution in [0.25, 0.3) is 0 Å². The number of aliphatic carboxylic acids is 1. The second-order valence-corrected chi connectivity index (χ2v) is 3.29. The molecule has 0 aromatic heterocycles. The average Bonchev–Trinajstić information content (AvgIpc) is 2.17. The van der Waals surface area contributed by atoms with Crippen molar-refractivity contribution in [2.24, 2.45) is 0 Å². The maximum absolute atomic E-state index is 13.2. The van der Waals surface area contributed by atoms with Crippen molar-refractivity contribution in [3.8, 4) is 0 Å². The first-order valence-electron chi connectivity index (χ1n) is 3.88. The number of carbonyl (C=O) groups excluding carboxylic acids is 1. The first kappa shape index (κ1) is 11.9. The third-order valence-electron chi connectivity index (χ3n) is 1.80. The van der Waals surface area contributed by atoms with Crippen molar-refractivity contribution in [1.29, 1.82) is 0 Å². The Morgan fingerprint density at radius 2 is 1.87 bits per heavy atom. The Kier molecular flexibility index (Phi) is 3.26. The molecule has 0 saturated carbocycles. The summed E-state index contributed by atoms with van der Waals surface area (Å²) < 4.78 is 26.4. The first-order valence-corrected chi connectivity index (χ1v) is 4.26. The van der Waals surface area contributed by atoms with E-state index < -0.39 is 23.6 Å². The first-order chi connectivity index (χ1) is 6.85. The molecule has 0 unspecified atom stereocenters. The molecule has 1 N–H and O–H groups in total. The Morgan fingerprint density at radius 1 is 1.40 bits per heavy atom. The van der Waals surface area contributed by atoms with Crippen LogP contribution < -0.4 is 5.11 Å². The Morgan fingerprint density at radius 3 is 2.27 bits per heavy atom. The number of aliphatic hydroxyl groups excluding tert-OH is 1. The number of benzene rings is 1. The summed E-state index contributed by atoms with van der Waals surface area (Å²) >= 11 is 5.47. The van der Waals surface area contributed by atoms with E-state index in [2.05, 4.69) is 0 Å². The fourth-order valence-electron chi connectivity index (χ4n) is 0.978. The quantitative estimate of drug-likeness (QED) is 0.832. The fourth-order valence-corrected chi connectivity index (χ4v) is 1.10. The Bertz CT molecular complexity index is 364. The maximum Gasteiger partial charge on any atom is 0.303 e. The third-order valence-corrected chi connectivity index (χ3v) is 2.05. The van der Waals surface area contributed by atoms with E-state index >= 15 is 0 Å². The zero-order valence-corrected chi connectivity index (χ0v) is 8.04. The molecule has 0 aliphatic carbocycles. The van der Waals surface area contributed by atoms with E-state index in [4.69, 9.17) is 16.7 Å². The second kappa shape index (κ2) is 4.12. The lowest BCUT2D eigenvalue weighted by atomic mass is 10.0. The molecule has 0 amide bonds. The predicted octanol–water partition coefficient (Wildman–Crippen LogP) is 0.543. The van der Waals surface area contributed by atoms with Gasteiger partial charge in [0.2, 0.25) is 0 Å². The maximum atomic E-state index is 13.2. The number of aliphatic hydroxyl groups is 1. The lowest BCUT2D eigenvalue weighted by Gasteiger charge is -2.23. The number of halogens is 3. The van der Waals surface area contributed by atoms with Crippen molar-refractivity contribution in [2.45, 2.75) is 12.0 Å². The molecule has 3 nitrogen and oxygen atoms in total. The normalized spacial score (nSPS) is 13.6. The zero-order valence-electron chi connectivity index (χ0n) is 7.28. The monoisotopic (exact) mass is 235 g/mol. The smallest absolute Gasteiger partial charge is 0.303 e. The number of alkyl halides is 2.